The second kappa shape index (κ2) is 6.20. The smallest absolute Gasteiger partial charge is 0.214 e. The van der Waals surface area contributed by atoms with Gasteiger partial charge in [-0.2, -0.15) is 4.68 Å². The predicted octanol–water partition coefficient (Wildman–Crippen LogP) is 3.29. The van der Waals surface area contributed by atoms with Gasteiger partial charge in [0.1, 0.15) is 5.78 Å². The van der Waals surface area contributed by atoms with Crippen LogP contribution in [0.4, 0.5) is 0 Å². The fourth-order valence-electron chi connectivity index (χ4n) is 2.26. The van der Waals surface area contributed by atoms with Crippen molar-refractivity contribution < 1.29 is 4.79 Å². The van der Waals surface area contributed by atoms with E-state index in [4.69, 9.17) is 0 Å². The zero-order valence-electron chi connectivity index (χ0n) is 14.0. The Hall–Kier alpha value is -1.69. The van der Waals surface area contributed by atoms with Gasteiger partial charge in [0.25, 0.3) is 0 Å². The number of tetrazole rings is 1. The summed E-state index contributed by atoms with van der Waals surface area (Å²) in [6.45, 7) is 11.9. The molecule has 0 radical (unpaired) electrons. The zero-order chi connectivity index (χ0) is 16.5. The van der Waals surface area contributed by atoms with E-state index in [-0.39, 0.29) is 11.2 Å². The summed E-state index contributed by atoms with van der Waals surface area (Å²) >= 11 is 1.38. The number of carbonyl (C=O) groups is 1. The fraction of sp³-hybridized carbons (Fsp3) is 0.500. The third kappa shape index (κ3) is 3.55. The summed E-state index contributed by atoms with van der Waals surface area (Å²) in [7, 11) is 0. The summed E-state index contributed by atoms with van der Waals surface area (Å²) in [5.41, 5.74) is 4.09. The van der Waals surface area contributed by atoms with E-state index in [2.05, 4.69) is 34.6 Å². The highest BCUT2D eigenvalue weighted by molar-refractivity contribution is 7.99. The van der Waals surface area contributed by atoms with E-state index in [1.807, 2.05) is 34.6 Å². The lowest BCUT2D eigenvalue weighted by atomic mass is 9.92. The van der Waals surface area contributed by atoms with Gasteiger partial charge in [0.2, 0.25) is 5.16 Å². The van der Waals surface area contributed by atoms with Crippen molar-refractivity contribution >= 4 is 17.5 Å². The SMILES string of the molecule is Cc1cc(C)c(-n2nnnc2SCC(=O)C(C)(C)C)c(C)c1. The highest BCUT2D eigenvalue weighted by atomic mass is 32.2. The first kappa shape index (κ1) is 16.7. The van der Waals surface area contributed by atoms with Crippen molar-refractivity contribution in [2.45, 2.75) is 46.7 Å². The van der Waals surface area contributed by atoms with Crippen LogP contribution in [0.5, 0.6) is 0 Å². The highest BCUT2D eigenvalue weighted by Gasteiger charge is 2.22. The highest BCUT2D eigenvalue weighted by Crippen LogP contribution is 2.26. The molecule has 0 saturated carbocycles. The quantitative estimate of drug-likeness (QED) is 0.810. The van der Waals surface area contributed by atoms with Crippen LogP contribution in [0.2, 0.25) is 0 Å². The van der Waals surface area contributed by atoms with E-state index < -0.39 is 0 Å². The monoisotopic (exact) mass is 318 g/mol. The molecule has 1 aromatic carbocycles. The van der Waals surface area contributed by atoms with Crippen molar-refractivity contribution in [1.82, 2.24) is 20.2 Å². The molecule has 0 aliphatic carbocycles. The third-order valence-corrected chi connectivity index (χ3v) is 4.38. The van der Waals surface area contributed by atoms with Gasteiger partial charge in [-0.25, -0.2) is 0 Å². The molecule has 0 fully saturated rings. The van der Waals surface area contributed by atoms with Gasteiger partial charge < -0.3 is 0 Å². The first-order chi connectivity index (χ1) is 10.2. The van der Waals surface area contributed by atoms with E-state index in [1.165, 1.54) is 17.3 Å². The minimum absolute atomic E-state index is 0.185. The van der Waals surface area contributed by atoms with Crippen molar-refractivity contribution in [1.29, 1.82) is 0 Å². The summed E-state index contributed by atoms with van der Waals surface area (Å²) in [5, 5.41) is 12.6. The van der Waals surface area contributed by atoms with Gasteiger partial charge in [-0.3, -0.25) is 4.79 Å². The summed E-state index contributed by atoms with van der Waals surface area (Å²) in [6, 6.07) is 4.22. The van der Waals surface area contributed by atoms with E-state index in [0.29, 0.717) is 10.9 Å². The Morgan fingerprint density at radius 2 is 1.77 bits per heavy atom. The molecule has 0 unspecified atom stereocenters. The fourth-order valence-corrected chi connectivity index (χ4v) is 3.30. The normalized spacial score (nSPS) is 11.7. The van der Waals surface area contributed by atoms with E-state index in [9.17, 15) is 4.79 Å². The maximum atomic E-state index is 12.1. The van der Waals surface area contributed by atoms with Crippen molar-refractivity contribution in [2.75, 3.05) is 5.75 Å². The van der Waals surface area contributed by atoms with Crippen molar-refractivity contribution in [3.8, 4) is 5.69 Å². The molecule has 1 aromatic heterocycles. The van der Waals surface area contributed by atoms with Gasteiger partial charge in [-0.1, -0.05) is 50.2 Å². The van der Waals surface area contributed by atoms with Gasteiger partial charge in [-0.15, -0.1) is 5.10 Å². The molecular formula is C16H22N4OS. The molecule has 0 saturated heterocycles. The lowest BCUT2D eigenvalue weighted by molar-refractivity contribution is -0.123. The van der Waals surface area contributed by atoms with Gasteiger partial charge in [-0.05, 0) is 42.3 Å². The Balaban J connectivity index is 2.30. The number of nitrogens with zero attached hydrogens (tertiary/aromatic N) is 4. The molecular weight excluding hydrogens is 296 g/mol. The lowest BCUT2D eigenvalue weighted by Gasteiger charge is -2.16. The van der Waals surface area contributed by atoms with Crippen molar-refractivity contribution in [3.05, 3.63) is 28.8 Å². The number of hydrogen-bond acceptors (Lipinski definition) is 5. The number of ketones is 1. The third-order valence-electron chi connectivity index (χ3n) is 3.46. The standard InChI is InChI=1S/C16H22N4OS/c1-10-7-11(2)14(12(3)8-10)20-15(17-18-19-20)22-9-13(21)16(4,5)6/h7-8H,9H2,1-6H3. The van der Waals surface area contributed by atoms with Gasteiger partial charge in [0.05, 0.1) is 11.4 Å². The molecule has 0 amide bonds. The first-order valence-electron chi connectivity index (χ1n) is 7.23. The number of benzene rings is 1. The van der Waals surface area contributed by atoms with Crippen LogP contribution in [-0.2, 0) is 4.79 Å². The predicted molar refractivity (Wildman–Crippen MR) is 88.6 cm³/mol. The molecule has 0 N–H and O–H groups in total. The molecule has 6 heteroatoms. The summed E-state index contributed by atoms with van der Waals surface area (Å²) < 4.78 is 1.73. The van der Waals surface area contributed by atoms with Crippen LogP contribution >= 0.6 is 11.8 Å². The van der Waals surface area contributed by atoms with Crippen LogP contribution in [-0.4, -0.2) is 31.7 Å². The lowest BCUT2D eigenvalue weighted by Crippen LogP contribution is -2.22. The molecule has 0 aliphatic rings. The zero-order valence-corrected chi connectivity index (χ0v) is 14.8. The maximum absolute atomic E-state index is 12.1. The van der Waals surface area contributed by atoms with Crippen LogP contribution in [0, 0.1) is 26.2 Å². The van der Waals surface area contributed by atoms with Crippen LogP contribution in [0.1, 0.15) is 37.5 Å². The summed E-state index contributed by atoms with van der Waals surface area (Å²) in [4.78, 5) is 12.1. The molecule has 0 bridgehead atoms. The van der Waals surface area contributed by atoms with Crippen LogP contribution < -0.4 is 0 Å². The number of Topliss-reactive ketones (excluding diaryl/α,β-unsaturated/α-hetero) is 1. The number of thioether (sulfide) groups is 1. The van der Waals surface area contributed by atoms with Gasteiger partial charge in [0, 0.05) is 5.41 Å². The Kier molecular flexibility index (Phi) is 4.70. The molecule has 0 aliphatic heterocycles. The Morgan fingerprint density at radius 1 is 1.18 bits per heavy atom. The molecule has 118 valence electrons. The number of hydrogen-bond donors (Lipinski definition) is 0. The molecule has 1 heterocycles. The maximum Gasteiger partial charge on any atom is 0.214 e. The second-order valence-electron chi connectivity index (χ2n) is 6.58. The number of rotatable bonds is 4. The van der Waals surface area contributed by atoms with Crippen molar-refractivity contribution in [3.63, 3.8) is 0 Å². The van der Waals surface area contributed by atoms with Crippen LogP contribution in [0.25, 0.3) is 5.69 Å². The average Bonchev–Trinajstić information content (AvgIpc) is 2.81. The summed E-state index contributed by atoms with van der Waals surface area (Å²) in [5.74, 6) is 0.554. The minimum atomic E-state index is -0.346. The van der Waals surface area contributed by atoms with Crippen molar-refractivity contribution in [2.24, 2.45) is 5.41 Å². The number of carbonyl (C=O) groups excluding carboxylic acids is 1. The summed E-state index contributed by atoms with van der Waals surface area (Å²) in [6.07, 6.45) is 0. The number of aromatic nitrogens is 4. The van der Waals surface area contributed by atoms with Crippen LogP contribution in [0.15, 0.2) is 17.3 Å². The average molecular weight is 318 g/mol. The molecule has 2 aromatic rings. The Bertz CT molecular complexity index is 677. The molecule has 2 rings (SSSR count). The van der Waals surface area contributed by atoms with E-state index in [1.54, 1.807) is 4.68 Å². The minimum Gasteiger partial charge on any atom is -0.298 e. The number of aryl methyl sites for hydroxylation is 3. The second-order valence-corrected chi connectivity index (χ2v) is 7.52. The Morgan fingerprint density at radius 3 is 2.32 bits per heavy atom. The van der Waals surface area contributed by atoms with Gasteiger partial charge in [0.15, 0.2) is 0 Å². The molecule has 5 nitrogen and oxygen atoms in total. The molecule has 22 heavy (non-hydrogen) atoms. The van der Waals surface area contributed by atoms with Gasteiger partial charge >= 0.3 is 0 Å². The van der Waals surface area contributed by atoms with E-state index in [0.717, 1.165) is 16.8 Å². The first-order valence-corrected chi connectivity index (χ1v) is 8.21. The van der Waals surface area contributed by atoms with Crippen LogP contribution in [0.3, 0.4) is 0 Å². The largest absolute Gasteiger partial charge is 0.298 e. The molecule has 0 spiro atoms. The molecule has 0 atom stereocenters. The Labute approximate surface area is 135 Å². The van der Waals surface area contributed by atoms with E-state index >= 15 is 0 Å². The topological polar surface area (TPSA) is 60.7 Å².